The number of hydrogen-bond donors (Lipinski definition) is 1. The van der Waals surface area contributed by atoms with Crippen molar-refractivity contribution in [2.45, 2.75) is 9.65 Å². The zero-order valence-electron chi connectivity index (χ0n) is 7.98. The van der Waals surface area contributed by atoms with E-state index in [1.165, 1.54) is 0 Å². The van der Waals surface area contributed by atoms with Gasteiger partial charge in [0.25, 0.3) is 0 Å². The summed E-state index contributed by atoms with van der Waals surface area (Å²) in [5, 5.41) is 8.81. The molecule has 0 aliphatic heterocycles. The first kappa shape index (κ1) is 12.5. The summed E-state index contributed by atoms with van der Waals surface area (Å²) < 4.78 is 5.01. The Labute approximate surface area is 105 Å². The lowest BCUT2D eigenvalue weighted by molar-refractivity contribution is -0.136. The molecule has 0 radical (unpaired) electrons. The van der Waals surface area contributed by atoms with Crippen molar-refractivity contribution in [2.24, 2.45) is 0 Å². The highest BCUT2D eigenvalue weighted by Crippen LogP contribution is 2.32. The van der Waals surface area contributed by atoms with Crippen LogP contribution in [0.5, 0.6) is 5.75 Å². The minimum absolute atomic E-state index is 0.263. The van der Waals surface area contributed by atoms with Crippen LogP contribution in [0.2, 0.25) is 0 Å². The zero-order chi connectivity index (χ0) is 11.4. The van der Waals surface area contributed by atoms with Crippen molar-refractivity contribution in [3.8, 4) is 5.75 Å². The minimum atomic E-state index is -0.896. The molecule has 0 aliphatic carbocycles. The molecule has 0 aliphatic rings. The predicted octanol–water partition coefficient (Wildman–Crippen LogP) is 2.98. The van der Waals surface area contributed by atoms with Gasteiger partial charge < -0.3 is 9.84 Å². The van der Waals surface area contributed by atoms with Gasteiger partial charge in [0.15, 0.2) is 0 Å². The number of halogens is 2. The smallest absolute Gasteiger partial charge is 0.318 e. The Bertz CT molecular complexity index is 337. The van der Waals surface area contributed by atoms with Crippen molar-refractivity contribution in [3.63, 3.8) is 0 Å². The molecule has 1 N–H and O–H groups in total. The minimum Gasteiger partial charge on any atom is -0.497 e. The summed E-state index contributed by atoms with van der Waals surface area (Å²) >= 11 is 6.43. The third kappa shape index (κ3) is 3.21. The van der Waals surface area contributed by atoms with Gasteiger partial charge in [-0.2, -0.15) is 0 Å². The molecule has 5 heteroatoms. The molecule has 0 heterocycles. The third-order valence-corrected chi connectivity index (χ3v) is 4.61. The van der Waals surface area contributed by atoms with Gasteiger partial charge in [0.1, 0.15) is 10.6 Å². The van der Waals surface area contributed by atoms with Gasteiger partial charge in [0.05, 0.1) is 11.9 Å². The summed E-state index contributed by atoms with van der Waals surface area (Å²) in [5.74, 6) is -0.146. The van der Waals surface area contributed by atoms with E-state index in [0.29, 0.717) is 0 Å². The number of ether oxygens (including phenoxy) is 1. The molecule has 0 saturated carbocycles. The molecule has 1 rings (SSSR count). The van der Waals surface area contributed by atoms with E-state index in [0.717, 1.165) is 11.3 Å². The zero-order valence-corrected chi connectivity index (χ0v) is 11.2. The van der Waals surface area contributed by atoms with E-state index < -0.39 is 10.8 Å². The van der Waals surface area contributed by atoms with Crippen LogP contribution in [-0.4, -0.2) is 23.0 Å². The molecule has 0 amide bonds. The van der Waals surface area contributed by atoms with Crippen molar-refractivity contribution in [3.05, 3.63) is 29.8 Å². The molecule has 0 saturated heterocycles. The lowest BCUT2D eigenvalue weighted by Gasteiger charge is -2.13. The number of carboxylic acid groups (broad SMARTS) is 1. The van der Waals surface area contributed by atoms with Crippen LogP contribution >= 0.6 is 31.9 Å². The lowest BCUT2D eigenvalue weighted by Crippen LogP contribution is -2.17. The largest absolute Gasteiger partial charge is 0.497 e. The fourth-order valence-electron chi connectivity index (χ4n) is 1.08. The number of benzene rings is 1. The Morgan fingerprint density at radius 3 is 2.27 bits per heavy atom. The monoisotopic (exact) mass is 336 g/mol. The van der Waals surface area contributed by atoms with Crippen LogP contribution in [0.1, 0.15) is 10.4 Å². The third-order valence-electron chi connectivity index (χ3n) is 1.93. The average Bonchev–Trinajstić information content (AvgIpc) is 2.27. The van der Waals surface area contributed by atoms with Gasteiger partial charge in [-0.25, -0.2) is 0 Å². The topological polar surface area (TPSA) is 46.5 Å². The van der Waals surface area contributed by atoms with Gasteiger partial charge in [-0.15, -0.1) is 0 Å². The van der Waals surface area contributed by atoms with Gasteiger partial charge in [-0.1, -0.05) is 44.0 Å². The second-order valence-electron chi connectivity index (χ2n) is 2.91. The maximum atomic E-state index is 10.7. The van der Waals surface area contributed by atoms with E-state index in [1.807, 2.05) is 12.1 Å². The summed E-state index contributed by atoms with van der Waals surface area (Å²) in [6.07, 6.45) is 0. The standard InChI is InChI=1S/C10H10Br2O3/c1-15-7-4-2-6(3-5-7)8(11)9(12)10(13)14/h2-5,8-9H,1H3,(H,13,14). The molecular formula is C10H10Br2O3. The molecule has 0 spiro atoms. The van der Waals surface area contributed by atoms with Gasteiger partial charge >= 0.3 is 5.97 Å². The van der Waals surface area contributed by atoms with Crippen LogP contribution in [0.4, 0.5) is 0 Å². The molecule has 1 aromatic rings. The van der Waals surface area contributed by atoms with Crippen molar-refractivity contribution in [1.82, 2.24) is 0 Å². The number of rotatable bonds is 4. The van der Waals surface area contributed by atoms with Crippen molar-refractivity contribution in [2.75, 3.05) is 7.11 Å². The van der Waals surface area contributed by atoms with Crippen LogP contribution in [-0.2, 0) is 4.79 Å². The molecule has 82 valence electrons. The second kappa shape index (κ2) is 5.51. The van der Waals surface area contributed by atoms with Crippen LogP contribution in [0.15, 0.2) is 24.3 Å². The van der Waals surface area contributed by atoms with E-state index in [1.54, 1.807) is 19.2 Å². The first-order chi connectivity index (χ1) is 7.06. The highest BCUT2D eigenvalue weighted by molar-refractivity contribution is 9.12. The van der Waals surface area contributed by atoms with Crippen molar-refractivity contribution < 1.29 is 14.6 Å². The van der Waals surface area contributed by atoms with Crippen LogP contribution in [0.3, 0.4) is 0 Å². The first-order valence-corrected chi connectivity index (χ1v) is 6.04. The van der Waals surface area contributed by atoms with Crippen molar-refractivity contribution >= 4 is 37.8 Å². The van der Waals surface area contributed by atoms with Crippen LogP contribution in [0, 0.1) is 0 Å². The Hall–Kier alpha value is -0.550. The van der Waals surface area contributed by atoms with E-state index in [-0.39, 0.29) is 4.83 Å². The normalized spacial score (nSPS) is 14.3. The summed E-state index contributed by atoms with van der Waals surface area (Å²) in [6, 6.07) is 7.25. The fourth-order valence-corrected chi connectivity index (χ4v) is 1.92. The summed E-state index contributed by atoms with van der Waals surface area (Å²) in [6.45, 7) is 0. The maximum absolute atomic E-state index is 10.7. The van der Waals surface area contributed by atoms with E-state index in [9.17, 15) is 4.79 Å². The molecule has 0 aromatic heterocycles. The van der Waals surface area contributed by atoms with E-state index in [2.05, 4.69) is 31.9 Å². The van der Waals surface area contributed by atoms with Gasteiger partial charge in [0.2, 0.25) is 0 Å². The molecule has 0 fully saturated rings. The highest BCUT2D eigenvalue weighted by Gasteiger charge is 2.24. The Balaban J connectivity index is 2.82. The number of aliphatic carboxylic acids is 1. The van der Waals surface area contributed by atoms with Crippen LogP contribution in [0.25, 0.3) is 0 Å². The van der Waals surface area contributed by atoms with E-state index >= 15 is 0 Å². The highest BCUT2D eigenvalue weighted by atomic mass is 79.9. The molecular weight excluding hydrogens is 328 g/mol. The fraction of sp³-hybridized carbons (Fsp3) is 0.300. The second-order valence-corrected chi connectivity index (χ2v) is 4.89. The van der Waals surface area contributed by atoms with E-state index in [4.69, 9.17) is 9.84 Å². The Kier molecular flexibility index (Phi) is 4.60. The summed E-state index contributed by atoms with van der Waals surface area (Å²) in [5.41, 5.74) is 0.889. The average molecular weight is 338 g/mol. The number of alkyl halides is 2. The van der Waals surface area contributed by atoms with Gasteiger partial charge in [-0.3, -0.25) is 4.79 Å². The van der Waals surface area contributed by atoms with Crippen LogP contribution < -0.4 is 4.74 Å². The van der Waals surface area contributed by atoms with Gasteiger partial charge in [0, 0.05) is 0 Å². The van der Waals surface area contributed by atoms with Crippen molar-refractivity contribution in [1.29, 1.82) is 0 Å². The summed E-state index contributed by atoms with van der Waals surface area (Å²) in [7, 11) is 1.59. The molecule has 2 unspecified atom stereocenters. The number of carbonyl (C=O) groups is 1. The Morgan fingerprint density at radius 2 is 1.87 bits per heavy atom. The quantitative estimate of drug-likeness (QED) is 0.859. The lowest BCUT2D eigenvalue weighted by atomic mass is 10.1. The SMILES string of the molecule is COc1ccc(C(Br)C(Br)C(=O)O)cc1. The number of methoxy groups -OCH3 is 1. The first-order valence-electron chi connectivity index (χ1n) is 4.21. The molecule has 1 aromatic carbocycles. The Morgan fingerprint density at radius 1 is 1.33 bits per heavy atom. The maximum Gasteiger partial charge on any atom is 0.318 e. The number of hydrogen-bond acceptors (Lipinski definition) is 2. The molecule has 15 heavy (non-hydrogen) atoms. The molecule has 0 bridgehead atoms. The predicted molar refractivity (Wildman–Crippen MR) is 65.0 cm³/mol. The summed E-state index contributed by atoms with van der Waals surface area (Å²) in [4.78, 5) is 9.83. The number of carboxylic acids is 1. The van der Waals surface area contributed by atoms with Gasteiger partial charge in [-0.05, 0) is 17.7 Å². The molecule has 2 atom stereocenters. The molecule has 3 nitrogen and oxygen atoms in total.